The van der Waals surface area contributed by atoms with Crippen molar-refractivity contribution >= 4 is 23.5 Å². The fourth-order valence-corrected chi connectivity index (χ4v) is 4.42. The average Bonchev–Trinajstić information content (AvgIpc) is 2.51. The third-order valence-corrected chi connectivity index (χ3v) is 5.27. The second kappa shape index (κ2) is 5.26. The largest absolute Gasteiger partial charge is 0.372 e. The second-order valence-corrected chi connectivity index (χ2v) is 6.91. The Bertz CT molecular complexity index is 776. The summed E-state index contributed by atoms with van der Waals surface area (Å²) in [5, 5.41) is 4.39. The maximum Gasteiger partial charge on any atom is 0.328 e. The van der Waals surface area contributed by atoms with Crippen LogP contribution in [0.1, 0.15) is 19.4 Å². The maximum atomic E-state index is 13.8. The summed E-state index contributed by atoms with van der Waals surface area (Å²) in [5.74, 6) is -1.78. The van der Waals surface area contributed by atoms with E-state index >= 15 is 0 Å². The first kappa shape index (κ1) is 16.0. The minimum Gasteiger partial charge on any atom is -0.372 e. The van der Waals surface area contributed by atoms with Gasteiger partial charge in [0.1, 0.15) is 5.82 Å². The Morgan fingerprint density at radius 3 is 2.56 bits per heavy atom. The van der Waals surface area contributed by atoms with Crippen LogP contribution in [0.25, 0.3) is 0 Å². The summed E-state index contributed by atoms with van der Waals surface area (Å²) >= 11 is 0. The Hall–Kier alpha value is -2.48. The predicted molar refractivity (Wildman–Crippen MR) is 85.4 cm³/mol. The first-order valence-electron chi connectivity index (χ1n) is 8.20. The summed E-state index contributed by atoms with van der Waals surface area (Å²) in [7, 11) is 0. The molecule has 4 amide bonds. The number of imide groups is 2. The smallest absolute Gasteiger partial charge is 0.328 e. The third kappa shape index (κ3) is 2.17. The number of carbonyl (C=O) groups excluding carboxylic acids is 3. The van der Waals surface area contributed by atoms with E-state index < -0.39 is 41.2 Å². The highest BCUT2D eigenvalue weighted by Gasteiger charge is 2.62. The van der Waals surface area contributed by atoms with Crippen LogP contribution in [0.2, 0.25) is 0 Å². The molecule has 3 atom stereocenters. The Balaban J connectivity index is 1.92. The van der Waals surface area contributed by atoms with Gasteiger partial charge in [0.15, 0.2) is 5.41 Å². The van der Waals surface area contributed by atoms with Crippen LogP contribution in [0.5, 0.6) is 0 Å². The number of rotatable bonds is 0. The molecule has 7 nitrogen and oxygen atoms in total. The van der Waals surface area contributed by atoms with Crippen LogP contribution < -0.4 is 15.5 Å². The number of carbonyl (C=O) groups is 3. The molecule has 3 unspecified atom stereocenters. The minimum absolute atomic E-state index is 0.00822. The number of halogens is 1. The molecule has 4 rings (SSSR count). The molecule has 0 radical (unpaired) electrons. The van der Waals surface area contributed by atoms with Crippen LogP contribution in [0.4, 0.5) is 14.9 Å². The quantitative estimate of drug-likeness (QED) is 0.675. The lowest BCUT2D eigenvalue weighted by Gasteiger charge is -2.55. The lowest BCUT2D eigenvalue weighted by Crippen LogP contribution is -2.75. The molecule has 0 aromatic heterocycles. The summed E-state index contributed by atoms with van der Waals surface area (Å²) in [5.41, 5.74) is -0.192. The molecule has 1 aromatic rings. The number of fused-ring (bicyclic) bond motifs is 4. The fourth-order valence-electron chi connectivity index (χ4n) is 4.42. The number of nitrogens with one attached hydrogen (secondary N) is 2. The summed E-state index contributed by atoms with van der Waals surface area (Å²) in [6.07, 6.45) is -0.531. The summed E-state index contributed by atoms with van der Waals surface area (Å²) < 4.78 is 19.7. The molecule has 25 heavy (non-hydrogen) atoms. The molecule has 3 aliphatic rings. The zero-order chi connectivity index (χ0) is 17.9. The van der Waals surface area contributed by atoms with Crippen molar-refractivity contribution in [3.63, 3.8) is 0 Å². The van der Waals surface area contributed by atoms with E-state index in [1.165, 1.54) is 12.1 Å². The van der Waals surface area contributed by atoms with Crippen LogP contribution in [0.15, 0.2) is 18.2 Å². The van der Waals surface area contributed by atoms with Gasteiger partial charge in [-0.3, -0.25) is 20.2 Å². The van der Waals surface area contributed by atoms with Gasteiger partial charge in [0.05, 0.1) is 18.2 Å². The molecule has 2 saturated heterocycles. The zero-order valence-corrected chi connectivity index (χ0v) is 13.8. The van der Waals surface area contributed by atoms with E-state index in [1.54, 1.807) is 13.0 Å². The number of benzene rings is 1. The molecular weight excluding hydrogens is 329 g/mol. The van der Waals surface area contributed by atoms with Crippen molar-refractivity contribution in [3.05, 3.63) is 29.6 Å². The molecule has 132 valence electrons. The Kier molecular flexibility index (Phi) is 3.37. The number of hydrogen-bond acceptors (Lipinski definition) is 5. The Labute approximate surface area is 143 Å². The van der Waals surface area contributed by atoms with Crippen molar-refractivity contribution in [1.82, 2.24) is 10.6 Å². The molecule has 8 heteroatoms. The van der Waals surface area contributed by atoms with E-state index in [2.05, 4.69) is 10.6 Å². The number of nitrogens with zero attached hydrogens (tertiary/aromatic N) is 1. The van der Waals surface area contributed by atoms with Gasteiger partial charge in [0, 0.05) is 18.7 Å². The molecule has 1 spiro atoms. The van der Waals surface area contributed by atoms with E-state index in [4.69, 9.17) is 4.74 Å². The number of hydrogen-bond donors (Lipinski definition) is 2. The number of anilines is 1. The average molecular weight is 347 g/mol. The molecule has 0 saturated carbocycles. The second-order valence-electron chi connectivity index (χ2n) is 6.91. The number of amides is 4. The molecule has 3 aliphatic heterocycles. The first-order valence-corrected chi connectivity index (χ1v) is 8.20. The summed E-state index contributed by atoms with van der Waals surface area (Å²) in [6, 6.07) is 2.95. The highest BCUT2D eigenvalue weighted by molar-refractivity contribution is 6.20. The van der Waals surface area contributed by atoms with Crippen LogP contribution in [-0.2, 0) is 20.7 Å². The van der Waals surface area contributed by atoms with Gasteiger partial charge >= 0.3 is 6.03 Å². The summed E-state index contributed by atoms with van der Waals surface area (Å²) in [4.78, 5) is 39.1. The number of morpholine rings is 1. The SMILES string of the molecule is CC1CN2c3ccc(F)cc3CC3(C(=O)NC(=O)NC3=O)C2C(C)O1. The van der Waals surface area contributed by atoms with Gasteiger partial charge in [0.25, 0.3) is 0 Å². The van der Waals surface area contributed by atoms with Crippen LogP contribution in [0, 0.1) is 11.2 Å². The van der Waals surface area contributed by atoms with Gasteiger partial charge in [-0.15, -0.1) is 0 Å². The highest BCUT2D eigenvalue weighted by Crippen LogP contribution is 2.46. The van der Waals surface area contributed by atoms with Gasteiger partial charge in [-0.25, -0.2) is 9.18 Å². The van der Waals surface area contributed by atoms with E-state index in [-0.39, 0.29) is 12.5 Å². The number of ether oxygens (including phenoxy) is 1. The fraction of sp³-hybridized carbons (Fsp3) is 0.471. The minimum atomic E-state index is -1.55. The normalized spacial score (nSPS) is 30.4. The van der Waals surface area contributed by atoms with Gasteiger partial charge in [0.2, 0.25) is 11.8 Å². The summed E-state index contributed by atoms with van der Waals surface area (Å²) in [6.45, 7) is 4.17. The molecule has 2 N–H and O–H groups in total. The lowest BCUT2D eigenvalue weighted by atomic mass is 9.66. The standard InChI is InChI=1S/C17H18FN3O4/c1-8-7-21-12-4-3-11(18)5-10(12)6-17(13(21)9(2)25-8)14(22)19-16(24)20-15(17)23/h3-5,8-9,13H,6-7H2,1-2H3,(H2,19,20,22,23,24). The maximum absolute atomic E-state index is 13.8. The van der Waals surface area contributed by atoms with E-state index in [1.807, 2.05) is 11.8 Å². The molecule has 1 aromatic carbocycles. The van der Waals surface area contributed by atoms with Gasteiger partial charge in [-0.1, -0.05) is 0 Å². The van der Waals surface area contributed by atoms with E-state index in [9.17, 15) is 18.8 Å². The zero-order valence-electron chi connectivity index (χ0n) is 13.8. The van der Waals surface area contributed by atoms with Gasteiger partial charge in [-0.05, 0) is 37.6 Å². The molecule has 0 bridgehead atoms. The number of urea groups is 1. The van der Waals surface area contributed by atoms with Crippen molar-refractivity contribution < 1.29 is 23.5 Å². The van der Waals surface area contributed by atoms with Crippen molar-refractivity contribution in [3.8, 4) is 0 Å². The van der Waals surface area contributed by atoms with Gasteiger partial charge < -0.3 is 9.64 Å². The third-order valence-electron chi connectivity index (χ3n) is 5.27. The topological polar surface area (TPSA) is 87.7 Å². The van der Waals surface area contributed by atoms with E-state index in [0.29, 0.717) is 12.1 Å². The van der Waals surface area contributed by atoms with Crippen molar-refractivity contribution in [2.75, 3.05) is 11.4 Å². The first-order chi connectivity index (χ1) is 11.8. The Morgan fingerprint density at radius 2 is 1.88 bits per heavy atom. The van der Waals surface area contributed by atoms with Crippen LogP contribution in [-0.4, -0.2) is 42.6 Å². The monoisotopic (exact) mass is 347 g/mol. The van der Waals surface area contributed by atoms with E-state index in [0.717, 1.165) is 5.69 Å². The van der Waals surface area contributed by atoms with Crippen molar-refractivity contribution in [2.45, 2.75) is 38.5 Å². The molecule has 0 aliphatic carbocycles. The van der Waals surface area contributed by atoms with Crippen LogP contribution in [0.3, 0.4) is 0 Å². The van der Waals surface area contributed by atoms with Crippen LogP contribution >= 0.6 is 0 Å². The molecule has 3 heterocycles. The van der Waals surface area contributed by atoms with Crippen molar-refractivity contribution in [1.29, 1.82) is 0 Å². The Morgan fingerprint density at radius 1 is 1.20 bits per heavy atom. The highest BCUT2D eigenvalue weighted by atomic mass is 19.1. The predicted octanol–water partition coefficient (Wildman–Crippen LogP) is 0.716. The van der Waals surface area contributed by atoms with Gasteiger partial charge in [-0.2, -0.15) is 0 Å². The number of barbiturate groups is 1. The lowest BCUT2D eigenvalue weighted by molar-refractivity contribution is -0.153. The molecule has 2 fully saturated rings. The molecular formula is C17H18FN3O4. The van der Waals surface area contributed by atoms with Crippen molar-refractivity contribution in [2.24, 2.45) is 5.41 Å².